The molecule has 0 aliphatic carbocycles. The molecule has 2 amide bonds. The Morgan fingerprint density at radius 3 is 2.83 bits per heavy atom. The third kappa shape index (κ3) is 4.67. The number of nitrogens with zero attached hydrogens (tertiary/aromatic N) is 1. The first kappa shape index (κ1) is 17.7. The van der Waals surface area contributed by atoms with Crippen LogP contribution in [0.4, 0.5) is 9.18 Å². The number of aliphatic hydroxyl groups is 1. The van der Waals surface area contributed by atoms with Crippen molar-refractivity contribution in [3.8, 4) is 0 Å². The third-order valence-electron chi connectivity index (χ3n) is 4.38. The molecule has 128 valence electrons. The summed E-state index contributed by atoms with van der Waals surface area (Å²) in [5.74, 6) is -0.152. The van der Waals surface area contributed by atoms with Gasteiger partial charge in [0.1, 0.15) is 5.82 Å². The number of piperidine rings is 1. The summed E-state index contributed by atoms with van der Waals surface area (Å²) in [5, 5.41) is 12.4. The Morgan fingerprint density at radius 2 is 2.22 bits per heavy atom. The van der Waals surface area contributed by atoms with Crippen molar-refractivity contribution in [2.45, 2.75) is 39.7 Å². The second-order valence-corrected chi connectivity index (χ2v) is 7.44. The molecule has 5 heteroatoms. The fourth-order valence-corrected chi connectivity index (χ4v) is 3.10. The predicted octanol–water partition coefficient (Wildman–Crippen LogP) is 3.33. The SMILES string of the molecule is CC(C)(C)[C@@H](NC(=O)N1CCC[C@@H](CO)C1)c1cccc(F)c1. The number of halogens is 1. The van der Waals surface area contributed by atoms with Gasteiger partial charge < -0.3 is 15.3 Å². The summed E-state index contributed by atoms with van der Waals surface area (Å²) >= 11 is 0. The molecule has 2 N–H and O–H groups in total. The number of urea groups is 1. The lowest BCUT2D eigenvalue weighted by Gasteiger charge is -2.37. The summed E-state index contributed by atoms with van der Waals surface area (Å²) in [6.07, 6.45) is 1.85. The van der Waals surface area contributed by atoms with Gasteiger partial charge in [-0.2, -0.15) is 0 Å². The van der Waals surface area contributed by atoms with E-state index >= 15 is 0 Å². The van der Waals surface area contributed by atoms with Crippen LogP contribution in [0.5, 0.6) is 0 Å². The maximum atomic E-state index is 13.6. The van der Waals surface area contributed by atoms with Gasteiger partial charge in [-0.1, -0.05) is 32.9 Å². The summed E-state index contributed by atoms with van der Waals surface area (Å²) in [6, 6.07) is 5.96. The number of carbonyl (C=O) groups excluding carboxylic acids is 1. The first-order valence-electron chi connectivity index (χ1n) is 8.23. The molecule has 0 radical (unpaired) electrons. The van der Waals surface area contributed by atoms with E-state index in [1.807, 2.05) is 26.8 Å². The number of carbonyl (C=O) groups is 1. The van der Waals surface area contributed by atoms with Gasteiger partial charge in [-0.15, -0.1) is 0 Å². The Bertz CT molecular complexity index is 542. The van der Waals surface area contributed by atoms with E-state index in [4.69, 9.17) is 0 Å². The first-order chi connectivity index (χ1) is 10.8. The second kappa shape index (κ2) is 7.30. The molecule has 1 saturated heterocycles. The largest absolute Gasteiger partial charge is 0.396 e. The number of nitrogens with one attached hydrogen (secondary N) is 1. The zero-order chi connectivity index (χ0) is 17.0. The van der Waals surface area contributed by atoms with Crippen LogP contribution < -0.4 is 5.32 Å². The minimum atomic E-state index is -0.302. The molecule has 1 heterocycles. The Hall–Kier alpha value is -1.62. The predicted molar refractivity (Wildman–Crippen MR) is 88.5 cm³/mol. The maximum Gasteiger partial charge on any atom is 0.317 e. The second-order valence-electron chi connectivity index (χ2n) is 7.44. The van der Waals surface area contributed by atoms with E-state index in [-0.39, 0.29) is 35.8 Å². The van der Waals surface area contributed by atoms with E-state index in [9.17, 15) is 14.3 Å². The van der Waals surface area contributed by atoms with Crippen molar-refractivity contribution in [3.63, 3.8) is 0 Å². The van der Waals surface area contributed by atoms with E-state index in [1.165, 1.54) is 12.1 Å². The van der Waals surface area contributed by atoms with Gasteiger partial charge >= 0.3 is 6.03 Å². The van der Waals surface area contributed by atoms with Gasteiger partial charge in [0, 0.05) is 19.7 Å². The number of rotatable bonds is 3. The van der Waals surface area contributed by atoms with E-state index < -0.39 is 0 Å². The highest BCUT2D eigenvalue weighted by Gasteiger charge is 2.31. The van der Waals surface area contributed by atoms with Crippen LogP contribution in [0.25, 0.3) is 0 Å². The summed E-state index contributed by atoms with van der Waals surface area (Å²) in [4.78, 5) is 14.4. The quantitative estimate of drug-likeness (QED) is 0.897. The fourth-order valence-electron chi connectivity index (χ4n) is 3.10. The number of hydrogen-bond donors (Lipinski definition) is 2. The molecule has 4 nitrogen and oxygen atoms in total. The molecule has 23 heavy (non-hydrogen) atoms. The Balaban J connectivity index is 2.13. The van der Waals surface area contributed by atoms with Crippen molar-refractivity contribution < 1.29 is 14.3 Å². The molecule has 0 bridgehead atoms. The monoisotopic (exact) mass is 322 g/mol. The van der Waals surface area contributed by atoms with Crippen LogP contribution in [-0.4, -0.2) is 35.7 Å². The molecular formula is C18H27FN2O2. The molecule has 1 aliphatic rings. The van der Waals surface area contributed by atoms with Crippen LogP contribution in [0.3, 0.4) is 0 Å². The number of aliphatic hydroxyl groups excluding tert-OH is 1. The normalized spacial score (nSPS) is 20.2. The van der Waals surface area contributed by atoms with Crippen LogP contribution in [0, 0.1) is 17.2 Å². The summed E-state index contributed by atoms with van der Waals surface area (Å²) in [5.41, 5.74) is 0.525. The lowest BCUT2D eigenvalue weighted by molar-refractivity contribution is 0.123. The third-order valence-corrected chi connectivity index (χ3v) is 4.38. The lowest BCUT2D eigenvalue weighted by atomic mass is 9.82. The Kier molecular flexibility index (Phi) is 5.63. The molecular weight excluding hydrogens is 295 g/mol. The average molecular weight is 322 g/mol. The highest BCUT2D eigenvalue weighted by molar-refractivity contribution is 5.75. The molecule has 0 spiro atoms. The molecule has 1 fully saturated rings. The molecule has 1 aromatic rings. The summed E-state index contributed by atoms with van der Waals surface area (Å²) in [6.45, 7) is 7.45. The van der Waals surface area contributed by atoms with Crippen LogP contribution in [-0.2, 0) is 0 Å². The van der Waals surface area contributed by atoms with Gasteiger partial charge in [0.15, 0.2) is 0 Å². The van der Waals surface area contributed by atoms with Crippen molar-refractivity contribution in [1.29, 1.82) is 0 Å². The summed E-state index contributed by atoms with van der Waals surface area (Å²) < 4.78 is 13.6. The van der Waals surface area contributed by atoms with Gasteiger partial charge in [-0.3, -0.25) is 0 Å². The van der Waals surface area contributed by atoms with Crippen molar-refractivity contribution in [1.82, 2.24) is 10.2 Å². The molecule has 0 saturated carbocycles. The van der Waals surface area contributed by atoms with Gasteiger partial charge in [0.25, 0.3) is 0 Å². The van der Waals surface area contributed by atoms with Crippen LogP contribution in [0.1, 0.15) is 45.2 Å². The number of likely N-dealkylation sites (tertiary alicyclic amines) is 1. The number of benzene rings is 1. The zero-order valence-corrected chi connectivity index (χ0v) is 14.2. The van der Waals surface area contributed by atoms with Crippen molar-refractivity contribution in [2.24, 2.45) is 11.3 Å². The molecule has 1 aliphatic heterocycles. The smallest absolute Gasteiger partial charge is 0.317 e. The van der Waals surface area contributed by atoms with Gasteiger partial charge in [0.2, 0.25) is 0 Å². The van der Waals surface area contributed by atoms with Gasteiger partial charge in [-0.25, -0.2) is 9.18 Å². The standard InChI is InChI=1S/C18H27FN2O2/c1-18(2,3)16(14-7-4-8-15(19)10-14)20-17(23)21-9-5-6-13(11-21)12-22/h4,7-8,10,13,16,22H,5-6,9,11-12H2,1-3H3,(H,20,23)/t13-,16+/m1/s1. The summed E-state index contributed by atoms with van der Waals surface area (Å²) in [7, 11) is 0. The van der Waals surface area contributed by atoms with Crippen LogP contribution in [0.2, 0.25) is 0 Å². The topological polar surface area (TPSA) is 52.6 Å². The molecule has 0 aromatic heterocycles. The van der Waals surface area contributed by atoms with Gasteiger partial charge in [0.05, 0.1) is 6.04 Å². The Morgan fingerprint density at radius 1 is 1.48 bits per heavy atom. The molecule has 2 rings (SSSR count). The van der Waals surface area contributed by atoms with Gasteiger partial charge in [-0.05, 0) is 41.9 Å². The minimum Gasteiger partial charge on any atom is -0.396 e. The fraction of sp³-hybridized carbons (Fsp3) is 0.611. The highest BCUT2D eigenvalue weighted by Crippen LogP contribution is 2.33. The minimum absolute atomic E-state index is 0.108. The molecule has 0 unspecified atom stereocenters. The first-order valence-corrected chi connectivity index (χ1v) is 8.23. The number of amides is 2. The lowest BCUT2D eigenvalue weighted by Crippen LogP contribution is -2.49. The van der Waals surface area contributed by atoms with E-state index in [0.717, 1.165) is 18.4 Å². The van der Waals surface area contributed by atoms with Crippen molar-refractivity contribution in [2.75, 3.05) is 19.7 Å². The van der Waals surface area contributed by atoms with Crippen LogP contribution in [0.15, 0.2) is 24.3 Å². The van der Waals surface area contributed by atoms with Crippen molar-refractivity contribution >= 4 is 6.03 Å². The maximum absolute atomic E-state index is 13.6. The number of hydrogen-bond acceptors (Lipinski definition) is 2. The highest BCUT2D eigenvalue weighted by atomic mass is 19.1. The zero-order valence-electron chi connectivity index (χ0n) is 14.2. The molecule has 1 aromatic carbocycles. The molecule has 2 atom stereocenters. The van der Waals surface area contributed by atoms with Crippen LogP contribution >= 0.6 is 0 Å². The van der Waals surface area contributed by atoms with E-state index in [1.54, 1.807) is 11.0 Å². The average Bonchev–Trinajstić information content (AvgIpc) is 2.51. The van der Waals surface area contributed by atoms with Crippen molar-refractivity contribution in [3.05, 3.63) is 35.6 Å². The van der Waals surface area contributed by atoms with E-state index in [2.05, 4.69) is 5.32 Å². The van der Waals surface area contributed by atoms with E-state index in [0.29, 0.717) is 13.1 Å². The Labute approximate surface area is 137 Å².